The molecule has 0 fully saturated rings. The van der Waals surface area contributed by atoms with Crippen LogP contribution < -0.4 is 16.6 Å². The van der Waals surface area contributed by atoms with Crippen LogP contribution in [0.3, 0.4) is 0 Å². The molecule has 1 amide bonds. The molecule has 3 aromatic rings. The summed E-state index contributed by atoms with van der Waals surface area (Å²) in [5.41, 5.74) is -0.0823. The Morgan fingerprint density at radius 1 is 1.25 bits per heavy atom. The summed E-state index contributed by atoms with van der Waals surface area (Å²) in [6, 6.07) is 6.92. The Morgan fingerprint density at radius 2 is 1.96 bits per heavy atom. The van der Waals surface area contributed by atoms with Gasteiger partial charge in [-0.1, -0.05) is 12.1 Å². The van der Waals surface area contributed by atoms with E-state index in [4.69, 9.17) is 0 Å². The molecule has 0 bridgehead atoms. The van der Waals surface area contributed by atoms with Gasteiger partial charge in [-0.05, 0) is 26.0 Å². The summed E-state index contributed by atoms with van der Waals surface area (Å²) in [4.78, 5) is 37.0. The number of fused-ring (bicyclic) bond motifs is 3. The van der Waals surface area contributed by atoms with Crippen molar-refractivity contribution in [3.63, 3.8) is 0 Å². The van der Waals surface area contributed by atoms with Crippen LogP contribution in [0.25, 0.3) is 16.7 Å². The molecule has 1 aromatic carbocycles. The van der Waals surface area contributed by atoms with Crippen molar-refractivity contribution in [1.29, 1.82) is 0 Å². The quantitative estimate of drug-likeness (QED) is 0.743. The molecule has 2 aromatic heterocycles. The Labute approximate surface area is 137 Å². The first-order valence-electron chi connectivity index (χ1n) is 7.77. The number of para-hydroxylation sites is 1. The van der Waals surface area contributed by atoms with Gasteiger partial charge in [0.2, 0.25) is 11.7 Å². The van der Waals surface area contributed by atoms with Crippen LogP contribution in [-0.2, 0) is 18.4 Å². The fourth-order valence-corrected chi connectivity index (χ4v) is 2.73. The molecule has 0 radical (unpaired) electrons. The van der Waals surface area contributed by atoms with Gasteiger partial charge >= 0.3 is 5.69 Å². The topological polar surface area (TPSA) is 90.4 Å². The minimum absolute atomic E-state index is 0.0308. The predicted octanol–water partition coefficient (Wildman–Crippen LogP) is 0.263. The summed E-state index contributed by atoms with van der Waals surface area (Å²) in [6.07, 6.45) is 0.136. The lowest BCUT2D eigenvalue weighted by atomic mass is 10.2. The summed E-state index contributed by atoms with van der Waals surface area (Å²) >= 11 is 0. The van der Waals surface area contributed by atoms with Crippen molar-refractivity contribution >= 4 is 22.6 Å². The number of aromatic nitrogens is 4. The lowest BCUT2D eigenvalue weighted by Crippen LogP contribution is -2.32. The minimum atomic E-state index is -0.332. The van der Waals surface area contributed by atoms with E-state index in [1.807, 2.05) is 13.8 Å². The van der Waals surface area contributed by atoms with Crippen LogP contribution >= 0.6 is 0 Å². The zero-order valence-electron chi connectivity index (χ0n) is 13.8. The largest absolute Gasteiger partial charge is 0.354 e. The third-order valence-electron chi connectivity index (χ3n) is 3.78. The average Bonchev–Trinajstić information content (AvgIpc) is 2.82. The van der Waals surface area contributed by atoms with E-state index in [1.54, 1.807) is 24.3 Å². The third-order valence-corrected chi connectivity index (χ3v) is 3.78. The van der Waals surface area contributed by atoms with E-state index in [1.165, 1.54) is 20.7 Å². The molecule has 2 heterocycles. The highest BCUT2D eigenvalue weighted by molar-refractivity contribution is 5.80. The number of carbonyl (C=O) groups excluding carboxylic acids is 1. The van der Waals surface area contributed by atoms with Crippen molar-refractivity contribution in [2.24, 2.45) is 7.05 Å². The highest BCUT2D eigenvalue weighted by atomic mass is 16.2. The van der Waals surface area contributed by atoms with E-state index in [2.05, 4.69) is 10.4 Å². The van der Waals surface area contributed by atoms with Crippen LogP contribution in [0.15, 0.2) is 33.9 Å². The first-order chi connectivity index (χ1) is 11.4. The fourth-order valence-electron chi connectivity index (χ4n) is 2.73. The van der Waals surface area contributed by atoms with Gasteiger partial charge in [-0.25, -0.2) is 13.9 Å². The summed E-state index contributed by atoms with van der Waals surface area (Å²) in [7, 11) is 1.53. The summed E-state index contributed by atoms with van der Waals surface area (Å²) in [5, 5.41) is 7.37. The first kappa shape index (κ1) is 16.0. The number of carbonyl (C=O) groups is 1. The van der Waals surface area contributed by atoms with Gasteiger partial charge in [0, 0.05) is 26.1 Å². The van der Waals surface area contributed by atoms with Crippen LogP contribution in [-0.4, -0.2) is 30.7 Å². The van der Waals surface area contributed by atoms with Crippen molar-refractivity contribution < 1.29 is 4.79 Å². The van der Waals surface area contributed by atoms with E-state index < -0.39 is 0 Å². The van der Waals surface area contributed by atoms with Crippen molar-refractivity contribution in [3.8, 4) is 0 Å². The Hall–Kier alpha value is -2.90. The number of hydrogen-bond acceptors (Lipinski definition) is 4. The second-order valence-electron chi connectivity index (χ2n) is 5.99. The van der Waals surface area contributed by atoms with Crippen molar-refractivity contribution in [1.82, 2.24) is 24.1 Å². The van der Waals surface area contributed by atoms with E-state index in [9.17, 15) is 14.4 Å². The highest BCUT2D eigenvalue weighted by Gasteiger charge is 2.16. The molecule has 1 N–H and O–H groups in total. The number of aryl methyl sites for hydroxylation is 2. The predicted molar refractivity (Wildman–Crippen MR) is 90.1 cm³/mol. The van der Waals surface area contributed by atoms with Crippen LogP contribution in [0.1, 0.15) is 20.3 Å². The van der Waals surface area contributed by atoms with Crippen LogP contribution in [0.4, 0.5) is 0 Å². The molecule has 24 heavy (non-hydrogen) atoms. The molecule has 0 saturated heterocycles. The number of benzene rings is 1. The van der Waals surface area contributed by atoms with Crippen molar-refractivity contribution in [3.05, 3.63) is 45.1 Å². The molecule has 0 aliphatic carbocycles. The van der Waals surface area contributed by atoms with Gasteiger partial charge in [0.1, 0.15) is 0 Å². The second kappa shape index (κ2) is 5.95. The number of nitrogens with zero attached hydrogens (tertiary/aromatic N) is 4. The molecular weight excluding hydrogens is 310 g/mol. The van der Waals surface area contributed by atoms with Crippen LogP contribution in [0.2, 0.25) is 0 Å². The van der Waals surface area contributed by atoms with Gasteiger partial charge in [0.25, 0.3) is 5.56 Å². The van der Waals surface area contributed by atoms with E-state index in [0.29, 0.717) is 10.9 Å². The maximum Gasteiger partial charge on any atom is 0.351 e. The van der Waals surface area contributed by atoms with Crippen molar-refractivity contribution in [2.75, 3.05) is 0 Å². The molecule has 0 spiro atoms. The molecular formula is C16H19N5O3. The van der Waals surface area contributed by atoms with Gasteiger partial charge in [-0.3, -0.25) is 14.2 Å². The zero-order valence-corrected chi connectivity index (χ0v) is 13.8. The van der Waals surface area contributed by atoms with E-state index in [-0.39, 0.29) is 41.9 Å². The lowest BCUT2D eigenvalue weighted by molar-refractivity contribution is -0.121. The SMILES string of the molecule is CC(C)NC(=O)CCn1c(=O)c2ccccc2n2c(=O)n(C)nc12. The third kappa shape index (κ3) is 2.60. The normalized spacial score (nSPS) is 11.5. The molecule has 0 atom stereocenters. The highest BCUT2D eigenvalue weighted by Crippen LogP contribution is 2.10. The molecule has 0 aliphatic heterocycles. The minimum Gasteiger partial charge on any atom is -0.354 e. The van der Waals surface area contributed by atoms with Gasteiger partial charge < -0.3 is 5.32 Å². The van der Waals surface area contributed by atoms with Crippen molar-refractivity contribution in [2.45, 2.75) is 32.9 Å². The molecule has 0 saturated carbocycles. The summed E-state index contributed by atoms with van der Waals surface area (Å²) in [5.74, 6) is 0.0880. The Morgan fingerprint density at radius 3 is 2.67 bits per heavy atom. The van der Waals surface area contributed by atoms with Gasteiger partial charge in [-0.15, -0.1) is 5.10 Å². The lowest BCUT2D eigenvalue weighted by Gasteiger charge is -2.11. The Balaban J connectivity index is 2.17. The molecule has 8 nitrogen and oxygen atoms in total. The van der Waals surface area contributed by atoms with Gasteiger partial charge in [-0.2, -0.15) is 0 Å². The summed E-state index contributed by atoms with van der Waals surface area (Å²) in [6.45, 7) is 3.90. The number of amides is 1. The van der Waals surface area contributed by atoms with Gasteiger partial charge in [0.15, 0.2) is 0 Å². The number of hydrogen-bond donors (Lipinski definition) is 1. The van der Waals surface area contributed by atoms with E-state index in [0.717, 1.165) is 0 Å². The second-order valence-corrected chi connectivity index (χ2v) is 5.99. The standard InChI is InChI=1S/C16H19N5O3/c1-10(2)17-13(22)8-9-20-14(23)11-6-4-5-7-12(11)21-15(20)18-19(3)16(21)24/h4-7,10H,8-9H2,1-3H3,(H,17,22). The monoisotopic (exact) mass is 329 g/mol. The van der Waals surface area contributed by atoms with Crippen LogP contribution in [0.5, 0.6) is 0 Å². The number of rotatable bonds is 4. The molecule has 8 heteroatoms. The average molecular weight is 329 g/mol. The maximum atomic E-state index is 12.8. The first-order valence-corrected chi connectivity index (χ1v) is 7.77. The summed E-state index contributed by atoms with van der Waals surface area (Å²) < 4.78 is 3.96. The Bertz CT molecular complexity index is 1040. The molecule has 126 valence electrons. The molecule has 3 rings (SSSR count). The number of nitrogens with one attached hydrogen (secondary N) is 1. The smallest absolute Gasteiger partial charge is 0.351 e. The molecule has 0 aliphatic rings. The Kier molecular flexibility index (Phi) is 3.96. The van der Waals surface area contributed by atoms with Crippen LogP contribution in [0, 0.1) is 0 Å². The zero-order chi connectivity index (χ0) is 17.4. The molecule has 0 unspecified atom stereocenters. The maximum absolute atomic E-state index is 12.8. The van der Waals surface area contributed by atoms with Gasteiger partial charge in [0.05, 0.1) is 10.9 Å². The fraction of sp³-hybridized carbons (Fsp3) is 0.375. The van der Waals surface area contributed by atoms with E-state index >= 15 is 0 Å².